The molecule has 1 saturated carbocycles. The van der Waals surface area contributed by atoms with Crippen LogP contribution in [0.3, 0.4) is 0 Å². The molecule has 1 aliphatic carbocycles. The molecule has 1 fully saturated rings. The summed E-state index contributed by atoms with van der Waals surface area (Å²) in [5, 5.41) is 3.59. The molecule has 2 rings (SSSR count). The minimum absolute atomic E-state index is 0.647. The number of nitrogens with one attached hydrogen (secondary N) is 1. The van der Waals surface area contributed by atoms with Gasteiger partial charge < -0.3 is 5.32 Å². The summed E-state index contributed by atoms with van der Waals surface area (Å²) in [6.07, 6.45) is 8.78. The van der Waals surface area contributed by atoms with E-state index in [2.05, 4.69) is 30.4 Å². The predicted molar refractivity (Wildman–Crippen MR) is 81.9 cm³/mol. The third kappa shape index (κ3) is 3.95. The SMILES string of the molecule is CC(=CC(=S)c1ccccc1)NC1CCCCC1. The van der Waals surface area contributed by atoms with E-state index in [4.69, 9.17) is 12.2 Å². The summed E-state index contributed by atoms with van der Waals surface area (Å²) in [7, 11) is 0. The maximum absolute atomic E-state index is 5.45. The summed E-state index contributed by atoms with van der Waals surface area (Å²) in [6.45, 7) is 2.11. The zero-order chi connectivity index (χ0) is 12.8. The predicted octanol–water partition coefficient (Wildman–Crippen LogP) is 4.23. The molecule has 1 aromatic rings. The Balaban J connectivity index is 1.93. The van der Waals surface area contributed by atoms with Gasteiger partial charge in [-0.15, -0.1) is 0 Å². The van der Waals surface area contributed by atoms with Gasteiger partial charge in [0.2, 0.25) is 0 Å². The minimum atomic E-state index is 0.647. The monoisotopic (exact) mass is 259 g/mol. The van der Waals surface area contributed by atoms with Gasteiger partial charge >= 0.3 is 0 Å². The second-order valence-electron chi connectivity index (χ2n) is 5.04. The van der Waals surface area contributed by atoms with Crippen LogP contribution >= 0.6 is 12.2 Å². The van der Waals surface area contributed by atoms with Crippen molar-refractivity contribution < 1.29 is 0 Å². The molecule has 0 spiro atoms. The minimum Gasteiger partial charge on any atom is -0.386 e. The fourth-order valence-corrected chi connectivity index (χ4v) is 2.81. The van der Waals surface area contributed by atoms with Crippen molar-refractivity contribution in [3.63, 3.8) is 0 Å². The van der Waals surface area contributed by atoms with Gasteiger partial charge in [0.1, 0.15) is 0 Å². The molecule has 2 heteroatoms. The average molecular weight is 259 g/mol. The molecule has 1 aromatic carbocycles. The number of rotatable bonds is 4. The highest BCUT2D eigenvalue weighted by Gasteiger charge is 2.12. The molecule has 0 heterocycles. The first-order valence-corrected chi connectivity index (χ1v) is 7.21. The normalized spacial score (nSPS) is 17.5. The zero-order valence-corrected chi connectivity index (χ0v) is 11.8. The van der Waals surface area contributed by atoms with Gasteiger partial charge in [-0.25, -0.2) is 0 Å². The van der Waals surface area contributed by atoms with Gasteiger partial charge in [0.15, 0.2) is 0 Å². The summed E-state index contributed by atoms with van der Waals surface area (Å²) >= 11 is 5.45. The Morgan fingerprint density at radius 3 is 2.50 bits per heavy atom. The Kier molecular flexibility index (Phi) is 4.94. The van der Waals surface area contributed by atoms with Gasteiger partial charge in [-0.2, -0.15) is 0 Å². The number of hydrogen-bond acceptors (Lipinski definition) is 2. The van der Waals surface area contributed by atoms with Crippen LogP contribution in [0.25, 0.3) is 0 Å². The van der Waals surface area contributed by atoms with Crippen molar-refractivity contribution in [2.24, 2.45) is 0 Å². The molecule has 1 nitrogen and oxygen atoms in total. The lowest BCUT2D eigenvalue weighted by Crippen LogP contribution is -2.29. The molecule has 96 valence electrons. The third-order valence-corrected chi connectivity index (χ3v) is 3.80. The number of thiocarbonyl (C=S) groups is 1. The lowest BCUT2D eigenvalue weighted by atomic mass is 9.95. The Morgan fingerprint density at radius 2 is 1.83 bits per heavy atom. The number of benzene rings is 1. The Hall–Kier alpha value is -1.15. The van der Waals surface area contributed by atoms with Crippen LogP contribution in [0, 0.1) is 0 Å². The standard InChI is InChI=1S/C16H21NS/c1-13(17-15-10-6-3-7-11-15)12-16(18)14-8-4-2-5-9-14/h2,4-5,8-9,12,15,17H,3,6-7,10-11H2,1H3. The first-order valence-electron chi connectivity index (χ1n) is 6.80. The Labute approximate surface area is 115 Å². The second kappa shape index (κ2) is 6.69. The highest BCUT2D eigenvalue weighted by molar-refractivity contribution is 7.81. The van der Waals surface area contributed by atoms with Crippen molar-refractivity contribution in [2.45, 2.75) is 45.1 Å². The Bertz CT molecular complexity index is 416. The molecule has 0 saturated heterocycles. The van der Waals surface area contributed by atoms with Gasteiger partial charge in [-0.05, 0) is 31.4 Å². The van der Waals surface area contributed by atoms with E-state index in [1.54, 1.807) is 0 Å². The molecular weight excluding hydrogens is 238 g/mol. The molecule has 18 heavy (non-hydrogen) atoms. The van der Waals surface area contributed by atoms with Crippen molar-refractivity contribution in [1.82, 2.24) is 5.32 Å². The summed E-state index contributed by atoms with van der Waals surface area (Å²) in [4.78, 5) is 0.913. The van der Waals surface area contributed by atoms with Crippen LogP contribution in [0.1, 0.15) is 44.6 Å². The van der Waals surface area contributed by atoms with E-state index >= 15 is 0 Å². The topological polar surface area (TPSA) is 12.0 Å². The van der Waals surface area contributed by atoms with Crippen molar-refractivity contribution in [2.75, 3.05) is 0 Å². The van der Waals surface area contributed by atoms with Gasteiger partial charge in [0.05, 0.1) is 0 Å². The molecule has 0 amide bonds. The average Bonchev–Trinajstić information content (AvgIpc) is 2.40. The molecule has 1 N–H and O–H groups in total. The smallest absolute Gasteiger partial charge is 0.0466 e. The molecule has 0 radical (unpaired) electrons. The van der Waals surface area contributed by atoms with E-state index in [0.29, 0.717) is 6.04 Å². The van der Waals surface area contributed by atoms with Crippen molar-refractivity contribution in [1.29, 1.82) is 0 Å². The second-order valence-corrected chi connectivity index (χ2v) is 5.48. The highest BCUT2D eigenvalue weighted by Crippen LogP contribution is 2.18. The summed E-state index contributed by atoms with van der Waals surface area (Å²) < 4.78 is 0. The van der Waals surface area contributed by atoms with Crippen LogP contribution in [0.2, 0.25) is 0 Å². The lowest BCUT2D eigenvalue weighted by Gasteiger charge is -2.24. The molecule has 0 bridgehead atoms. The number of allylic oxidation sites excluding steroid dienone is 2. The van der Waals surface area contributed by atoms with Crippen LogP contribution in [0.4, 0.5) is 0 Å². The van der Waals surface area contributed by atoms with Crippen molar-refractivity contribution >= 4 is 17.1 Å². The van der Waals surface area contributed by atoms with Gasteiger partial charge in [-0.1, -0.05) is 61.8 Å². The van der Waals surface area contributed by atoms with E-state index in [-0.39, 0.29) is 0 Å². The van der Waals surface area contributed by atoms with E-state index in [9.17, 15) is 0 Å². The first kappa shape index (κ1) is 13.3. The zero-order valence-electron chi connectivity index (χ0n) is 11.0. The Morgan fingerprint density at radius 1 is 1.17 bits per heavy atom. The highest BCUT2D eigenvalue weighted by atomic mass is 32.1. The molecule has 1 aliphatic rings. The van der Waals surface area contributed by atoms with Crippen LogP contribution in [0.15, 0.2) is 42.1 Å². The third-order valence-electron chi connectivity index (χ3n) is 3.44. The van der Waals surface area contributed by atoms with Crippen molar-refractivity contribution in [3.8, 4) is 0 Å². The largest absolute Gasteiger partial charge is 0.386 e. The summed E-state index contributed by atoms with van der Waals surface area (Å²) in [6, 6.07) is 10.8. The fourth-order valence-electron chi connectivity index (χ4n) is 2.49. The molecular formula is C16H21NS. The van der Waals surface area contributed by atoms with Gasteiger partial charge in [0, 0.05) is 16.6 Å². The van der Waals surface area contributed by atoms with Gasteiger partial charge in [-0.3, -0.25) is 0 Å². The van der Waals surface area contributed by atoms with Crippen LogP contribution < -0.4 is 5.32 Å². The molecule has 0 aliphatic heterocycles. The fraction of sp³-hybridized carbons (Fsp3) is 0.438. The maximum atomic E-state index is 5.45. The van der Waals surface area contributed by atoms with Crippen LogP contribution in [-0.2, 0) is 0 Å². The maximum Gasteiger partial charge on any atom is 0.0466 e. The van der Waals surface area contributed by atoms with E-state index in [0.717, 1.165) is 10.4 Å². The van der Waals surface area contributed by atoms with E-state index < -0.39 is 0 Å². The number of hydrogen-bond donors (Lipinski definition) is 1. The molecule has 0 aromatic heterocycles. The van der Waals surface area contributed by atoms with E-state index in [1.807, 2.05) is 18.2 Å². The summed E-state index contributed by atoms with van der Waals surface area (Å²) in [5.74, 6) is 0. The van der Waals surface area contributed by atoms with Gasteiger partial charge in [0.25, 0.3) is 0 Å². The summed E-state index contributed by atoms with van der Waals surface area (Å²) in [5.41, 5.74) is 2.31. The van der Waals surface area contributed by atoms with Crippen molar-refractivity contribution in [3.05, 3.63) is 47.7 Å². The quantitative estimate of drug-likeness (QED) is 0.493. The first-order chi connectivity index (χ1) is 8.75. The molecule has 0 atom stereocenters. The molecule has 0 unspecified atom stereocenters. The van der Waals surface area contributed by atoms with Crippen LogP contribution in [0.5, 0.6) is 0 Å². The van der Waals surface area contributed by atoms with Crippen LogP contribution in [-0.4, -0.2) is 10.9 Å². The lowest BCUT2D eigenvalue weighted by molar-refractivity contribution is 0.397. The van der Waals surface area contributed by atoms with E-state index in [1.165, 1.54) is 37.8 Å².